The lowest BCUT2D eigenvalue weighted by Crippen LogP contribution is -2.33. The van der Waals surface area contributed by atoms with Crippen molar-refractivity contribution in [2.75, 3.05) is 0 Å². The normalized spacial score (nSPS) is 15.9. The molecule has 0 radical (unpaired) electrons. The number of para-hydroxylation sites is 3. The van der Waals surface area contributed by atoms with Crippen molar-refractivity contribution in [3.63, 3.8) is 0 Å². The molecule has 25 rings (SSSR count). The Bertz CT molecular complexity index is 8010. The summed E-state index contributed by atoms with van der Waals surface area (Å²) in [5, 5.41) is 21.1. The summed E-state index contributed by atoms with van der Waals surface area (Å²) in [5.74, 6) is 2.94. The van der Waals surface area contributed by atoms with E-state index in [9.17, 15) is 0 Å². The van der Waals surface area contributed by atoms with Gasteiger partial charge in [0.15, 0.2) is 21.4 Å². The van der Waals surface area contributed by atoms with Crippen LogP contribution in [0.3, 0.4) is 0 Å². The second-order valence-corrected chi connectivity index (χ2v) is 40.1. The number of rotatable bonds is 10. The predicted octanol–water partition coefficient (Wildman–Crippen LogP) is 23.6. The molecule has 4 aromatic heterocycles. The van der Waals surface area contributed by atoms with Gasteiger partial charge in [-0.2, -0.15) is 0 Å². The molecule has 0 aliphatic carbocycles. The molecular weight excluding hydrogens is 1560 g/mol. The Balaban J connectivity index is 0.000000107. The van der Waals surface area contributed by atoms with Crippen LogP contribution in [0.15, 0.2) is 382 Å². The third kappa shape index (κ3) is 11.3. The Morgan fingerprint density at radius 3 is 0.959 bits per heavy atom. The van der Waals surface area contributed by atoms with E-state index in [4.69, 9.17) is 19.9 Å². The van der Waals surface area contributed by atoms with Gasteiger partial charge in [0.2, 0.25) is 0 Å². The first kappa shape index (κ1) is 73.9. The summed E-state index contributed by atoms with van der Waals surface area (Å²) >= 11 is 0. The van der Waals surface area contributed by atoms with E-state index in [0.29, 0.717) is 0 Å². The molecule has 0 spiro atoms. The highest BCUT2D eigenvalue weighted by atomic mass is 31.2. The van der Waals surface area contributed by atoms with E-state index in [1.165, 1.54) is 59.8 Å². The zero-order valence-corrected chi connectivity index (χ0v) is 70.4. The number of hydrogen-bond acceptors (Lipinski definition) is 7. The lowest BCUT2D eigenvalue weighted by Gasteiger charge is -2.29. The number of aromatic nitrogens is 7. The lowest BCUT2D eigenvalue weighted by atomic mass is 9.92. The Labute approximate surface area is 710 Å². The van der Waals surface area contributed by atoms with Crippen molar-refractivity contribution in [1.82, 2.24) is 33.6 Å². The third-order valence-electron chi connectivity index (χ3n) is 25.5. The number of hydrogen-bond donors (Lipinski definition) is 0. The minimum atomic E-state index is -3.13. The van der Waals surface area contributed by atoms with Gasteiger partial charge in [0.25, 0.3) is 0 Å². The van der Waals surface area contributed by atoms with Crippen molar-refractivity contribution in [3.05, 3.63) is 400 Å². The topological polar surface area (TPSA) is 118 Å². The zero-order chi connectivity index (χ0) is 82.4. The second kappa shape index (κ2) is 29.0. The van der Waals surface area contributed by atoms with Crippen LogP contribution in [0.25, 0.3) is 159 Å². The van der Waals surface area contributed by atoms with E-state index < -0.39 is 21.4 Å². The summed E-state index contributed by atoms with van der Waals surface area (Å²) in [6, 6.07) is 130. The molecule has 7 heterocycles. The molecule has 0 saturated carbocycles. The van der Waals surface area contributed by atoms with Crippen LogP contribution in [-0.2, 0) is 33.0 Å². The van der Waals surface area contributed by atoms with Crippen LogP contribution in [0.5, 0.6) is 0 Å². The van der Waals surface area contributed by atoms with E-state index in [2.05, 4.69) is 259 Å². The zero-order valence-electron chi connectivity index (χ0n) is 67.7. The third-order valence-corrected chi connectivity index (χ3v) is 34.8. The molecule has 10 nitrogen and oxygen atoms in total. The van der Waals surface area contributed by atoms with Crippen LogP contribution in [0, 0.1) is 0 Å². The maximum Gasteiger partial charge on any atom is 0.175 e. The summed E-state index contributed by atoms with van der Waals surface area (Å²) in [4.78, 5) is 19.7. The van der Waals surface area contributed by atoms with Crippen molar-refractivity contribution < 1.29 is 13.7 Å². The molecule has 123 heavy (non-hydrogen) atoms. The van der Waals surface area contributed by atoms with Crippen molar-refractivity contribution in [1.29, 1.82) is 0 Å². The molecule has 3 aliphatic rings. The summed E-state index contributed by atoms with van der Waals surface area (Å²) in [7, 11) is -9.38. The highest BCUT2D eigenvalue weighted by Gasteiger charge is 2.44. The molecule has 0 amide bonds. The summed E-state index contributed by atoms with van der Waals surface area (Å²) < 4.78 is 52.8. The summed E-state index contributed by atoms with van der Waals surface area (Å²) in [6.45, 7) is 6.40. The smallest absolute Gasteiger partial charge is 0.175 e. The van der Waals surface area contributed by atoms with Gasteiger partial charge in [-0.15, -0.1) is 0 Å². The molecule has 0 N–H and O–H groups in total. The average Bonchev–Trinajstić information content (AvgIpc) is 1.65. The molecule has 3 aliphatic heterocycles. The molecule has 0 bridgehead atoms. The Morgan fingerprint density at radius 1 is 0.244 bits per heavy atom. The quantitative estimate of drug-likeness (QED) is 0.0988. The molecule has 22 aromatic rings. The Hall–Kier alpha value is -14.2. The number of nitrogens with zero attached hydrogens (tertiary/aromatic N) is 7. The van der Waals surface area contributed by atoms with E-state index in [1.807, 2.05) is 158 Å². The molecule has 3 atom stereocenters. The van der Waals surface area contributed by atoms with Gasteiger partial charge in [-0.3, -0.25) is 18.7 Å². The first-order valence-corrected chi connectivity index (χ1v) is 47.3. The minimum Gasteiger partial charge on any atom is -0.308 e. The molecule has 13 heteroatoms. The number of pyridine rings is 1. The van der Waals surface area contributed by atoms with Crippen LogP contribution >= 0.6 is 21.4 Å². The van der Waals surface area contributed by atoms with Crippen molar-refractivity contribution >= 4 is 167 Å². The number of aryl methyl sites for hydroxylation is 3. The first-order valence-electron chi connectivity index (χ1n) is 42.2. The maximum absolute atomic E-state index is 15.4. The van der Waals surface area contributed by atoms with Gasteiger partial charge < -0.3 is 13.7 Å². The van der Waals surface area contributed by atoms with Gasteiger partial charge in [0.05, 0.1) is 55.7 Å². The average molecular weight is 1640 g/mol. The van der Waals surface area contributed by atoms with E-state index in [0.717, 1.165) is 184 Å². The highest BCUT2D eigenvalue weighted by Crippen LogP contribution is 2.54. The molecular formula is C110H78N7O3P3. The monoisotopic (exact) mass is 1640 g/mol. The molecule has 0 fully saturated rings. The fraction of sp³-hybridized carbons (Fsp3) is 0.0545. The molecule has 586 valence electrons. The summed E-state index contributed by atoms with van der Waals surface area (Å²) in [5.41, 5.74) is 18.5. The second-order valence-electron chi connectivity index (χ2n) is 32.0. The van der Waals surface area contributed by atoms with Crippen LogP contribution in [0.2, 0.25) is 0 Å². The lowest BCUT2D eigenvalue weighted by molar-refractivity contribution is 0.591. The number of imidazole rings is 3. The largest absolute Gasteiger partial charge is 0.308 e. The Morgan fingerprint density at radius 2 is 0.553 bits per heavy atom. The fourth-order valence-corrected chi connectivity index (χ4v) is 28.8. The van der Waals surface area contributed by atoms with Crippen LogP contribution in [0.1, 0.15) is 38.2 Å². The predicted molar refractivity (Wildman–Crippen MR) is 515 cm³/mol. The first-order chi connectivity index (χ1) is 60.5. The number of benzene rings is 18. The van der Waals surface area contributed by atoms with Crippen molar-refractivity contribution in [2.24, 2.45) is 0 Å². The SMILES string of the molecule is CCc1nc2cccc3c2n1-c1cc(-c2cc4ccccc4c4ccccc24)ccc1P3(=O)c1ccccc1.CCc1nc2cccc3c2n1-c1cc(-c2cc4ccccc4c4ncccc24)ccc1P3(=O)c1ccccc1.CCc1nc2cccc3c2n1-c1cc(-c2ccc(-c4cc5ccccc5c5ccccc45)cc2)ccc1P3(=O)c1ccccc1. The van der Waals surface area contributed by atoms with Crippen molar-refractivity contribution in [3.8, 4) is 61.6 Å². The van der Waals surface area contributed by atoms with Gasteiger partial charge in [0.1, 0.15) is 17.5 Å². The summed E-state index contributed by atoms with van der Waals surface area (Å²) in [6.07, 6.45) is 4.19. The van der Waals surface area contributed by atoms with Gasteiger partial charge >= 0.3 is 0 Å². The van der Waals surface area contributed by atoms with Gasteiger partial charge in [-0.25, -0.2) is 15.0 Å². The molecule has 3 unspecified atom stereocenters. The van der Waals surface area contributed by atoms with Crippen LogP contribution in [-0.4, -0.2) is 33.6 Å². The molecule has 0 saturated heterocycles. The van der Waals surface area contributed by atoms with E-state index in [1.54, 1.807) is 0 Å². The van der Waals surface area contributed by atoms with Crippen molar-refractivity contribution in [2.45, 2.75) is 40.0 Å². The fourth-order valence-electron chi connectivity index (χ4n) is 19.9. The Kier molecular flexibility index (Phi) is 17.4. The van der Waals surface area contributed by atoms with Gasteiger partial charge in [-0.1, -0.05) is 300 Å². The van der Waals surface area contributed by atoms with Crippen LogP contribution < -0.4 is 47.7 Å². The van der Waals surface area contributed by atoms with Gasteiger partial charge in [-0.05, 0) is 190 Å². The number of fused-ring (bicyclic) bond motifs is 15. The van der Waals surface area contributed by atoms with E-state index >= 15 is 13.7 Å². The maximum atomic E-state index is 15.4. The van der Waals surface area contributed by atoms with Crippen LogP contribution in [0.4, 0.5) is 0 Å². The van der Waals surface area contributed by atoms with E-state index in [-0.39, 0.29) is 0 Å². The highest BCUT2D eigenvalue weighted by molar-refractivity contribution is 7.87. The molecule has 18 aromatic carbocycles. The minimum absolute atomic E-state index is 0.774. The standard InChI is InChI=1S/C41H29N2OP.C35H25N2OP.C34H24N3OP/c1-2-40-42-36-17-10-18-39-41(36)43(40)37-26-29(23-24-38(37)45(39,44)31-12-4-3-5-13-31)27-19-21-28(22-20-27)35-25-30-11-6-7-14-32(30)33-15-8-9-16-34(33)35;1-2-34-36-30-17-10-18-33-35(30)37(34)31-22-24(19-20-32(31)39(33,38)25-12-4-3-5-13-25)29-21-23-11-6-7-14-26(23)27-15-8-9-16-28(27)29;1-2-32-36-28-15-8-16-31-34(28)37(32)29-21-23(17-18-30(29)39(31,38)24-11-4-3-5-12-24)27-20-22-10-6-7-13-25(22)33-26(27)14-9-19-35-33/h3-26H,2H2,1H3;3-22H,2H2,1H3;3-21H,2H2,1H3. The van der Waals surface area contributed by atoms with Gasteiger partial charge in [0, 0.05) is 84.0 Å².